The summed E-state index contributed by atoms with van der Waals surface area (Å²) in [7, 11) is -1.15. The molecule has 2 rings (SSSR count). The molecular formula is C29H42N6O4S. The average molecular weight is 571 g/mol. The van der Waals surface area contributed by atoms with Gasteiger partial charge in [-0.15, -0.1) is 0 Å². The molecule has 9 N–H and O–H groups in total. The van der Waals surface area contributed by atoms with E-state index in [4.69, 9.17) is 17.2 Å². The number of nitrogens with zero attached hydrogens (tertiary/aromatic N) is 1. The van der Waals surface area contributed by atoms with Gasteiger partial charge in [0.1, 0.15) is 11.8 Å². The first-order valence-electron chi connectivity index (χ1n) is 13.1. The second-order valence-electron chi connectivity index (χ2n) is 10.1. The highest BCUT2D eigenvalue weighted by molar-refractivity contribution is 7.84. The summed E-state index contributed by atoms with van der Waals surface area (Å²) in [5.41, 5.74) is 20.6. The molecule has 0 aliphatic carbocycles. The summed E-state index contributed by atoms with van der Waals surface area (Å²) >= 11 is 0. The van der Waals surface area contributed by atoms with E-state index < -0.39 is 22.8 Å². The number of ketones is 1. The monoisotopic (exact) mass is 570 g/mol. The Labute approximate surface area is 239 Å². The molecule has 0 spiro atoms. The summed E-state index contributed by atoms with van der Waals surface area (Å²) in [5, 5.41) is 15.9. The van der Waals surface area contributed by atoms with E-state index in [0.717, 1.165) is 22.3 Å². The van der Waals surface area contributed by atoms with E-state index in [-0.39, 0.29) is 66.8 Å². The van der Waals surface area contributed by atoms with Crippen molar-refractivity contribution in [2.24, 2.45) is 28.1 Å². The first kappa shape index (κ1) is 32.4. The van der Waals surface area contributed by atoms with E-state index in [0.29, 0.717) is 6.42 Å². The highest BCUT2D eigenvalue weighted by atomic mass is 32.2. The molecule has 0 bridgehead atoms. The van der Waals surface area contributed by atoms with Crippen molar-refractivity contribution in [3.8, 4) is 5.75 Å². The molecule has 11 heteroatoms. The lowest BCUT2D eigenvalue weighted by Gasteiger charge is -2.23. The van der Waals surface area contributed by atoms with Crippen LogP contribution in [0.5, 0.6) is 5.75 Å². The maximum Gasteiger partial charge on any atom is 0.223 e. The average Bonchev–Trinajstić information content (AvgIpc) is 2.86. The molecule has 1 amide bonds. The minimum Gasteiger partial charge on any atom is -0.508 e. The lowest BCUT2D eigenvalue weighted by molar-refractivity contribution is -0.130. The lowest BCUT2D eigenvalue weighted by atomic mass is 9.90. The topological polar surface area (TPSA) is 186 Å². The van der Waals surface area contributed by atoms with Gasteiger partial charge in [0.2, 0.25) is 5.91 Å². The van der Waals surface area contributed by atoms with Crippen molar-refractivity contribution in [3.05, 3.63) is 77.1 Å². The SMILES string of the molecule is C=C(N)N[C@H](CNC(=O)[C@@H](CCS(C)=O)CC(=O)[C@H](Cc1c(C)cc(O)cc1C)N=C(N)N)Cc1ccccc1. The van der Waals surface area contributed by atoms with E-state index in [9.17, 15) is 18.9 Å². The number of carbonyl (C=O) groups is 2. The molecule has 0 saturated carbocycles. The van der Waals surface area contributed by atoms with Crippen molar-refractivity contribution >= 4 is 28.4 Å². The fraction of sp³-hybridized carbons (Fsp3) is 0.414. The minimum absolute atomic E-state index is 0.124. The Kier molecular flexibility index (Phi) is 12.7. The van der Waals surface area contributed by atoms with Gasteiger partial charge in [-0.3, -0.25) is 13.8 Å². The second kappa shape index (κ2) is 15.7. The molecule has 0 heterocycles. The molecule has 10 nitrogen and oxygen atoms in total. The Bertz CT molecular complexity index is 1210. The largest absolute Gasteiger partial charge is 0.508 e. The number of Topliss-reactive ketones (excluding diaryl/α,β-unsaturated/α-hetero) is 1. The van der Waals surface area contributed by atoms with Crippen molar-refractivity contribution in [2.45, 2.75) is 51.6 Å². The van der Waals surface area contributed by atoms with E-state index in [1.165, 1.54) is 0 Å². The van der Waals surface area contributed by atoms with E-state index in [1.807, 2.05) is 44.2 Å². The van der Waals surface area contributed by atoms with Crippen molar-refractivity contribution < 1.29 is 18.9 Å². The van der Waals surface area contributed by atoms with Crippen LogP contribution in [0, 0.1) is 19.8 Å². The Balaban J connectivity index is 2.20. The van der Waals surface area contributed by atoms with Gasteiger partial charge in [-0.1, -0.05) is 36.9 Å². The van der Waals surface area contributed by atoms with Gasteiger partial charge in [-0.2, -0.15) is 0 Å². The van der Waals surface area contributed by atoms with Gasteiger partial charge < -0.3 is 32.9 Å². The van der Waals surface area contributed by atoms with Crippen molar-refractivity contribution in [1.82, 2.24) is 10.6 Å². The summed E-state index contributed by atoms with van der Waals surface area (Å²) < 4.78 is 11.9. The molecule has 0 aliphatic rings. The quantitative estimate of drug-likeness (QED) is 0.129. The van der Waals surface area contributed by atoms with E-state index in [2.05, 4.69) is 22.2 Å². The molecule has 0 aliphatic heterocycles. The normalized spacial score (nSPS) is 13.9. The van der Waals surface area contributed by atoms with Gasteiger partial charge in [0, 0.05) is 54.2 Å². The summed E-state index contributed by atoms with van der Waals surface area (Å²) in [5.74, 6) is -0.930. The number of carbonyl (C=O) groups excluding carboxylic acids is 2. The second-order valence-corrected chi connectivity index (χ2v) is 11.6. The number of guanidine groups is 1. The molecule has 0 radical (unpaired) electrons. The van der Waals surface area contributed by atoms with Crippen molar-refractivity contribution in [2.75, 3.05) is 18.6 Å². The van der Waals surface area contributed by atoms with Crippen LogP contribution >= 0.6 is 0 Å². The third kappa shape index (κ3) is 11.1. The van der Waals surface area contributed by atoms with Crippen LogP contribution in [0.25, 0.3) is 0 Å². The van der Waals surface area contributed by atoms with Crippen LogP contribution in [0.15, 0.2) is 59.9 Å². The fourth-order valence-corrected chi connectivity index (χ4v) is 5.23. The molecular weight excluding hydrogens is 528 g/mol. The Morgan fingerprint density at radius 3 is 2.25 bits per heavy atom. The number of aromatic hydroxyl groups is 1. The summed E-state index contributed by atoms with van der Waals surface area (Å²) in [6.45, 7) is 7.62. The smallest absolute Gasteiger partial charge is 0.223 e. The number of phenolic OH excluding ortho intramolecular Hbond substituents is 1. The molecule has 2 aromatic rings. The third-order valence-electron chi connectivity index (χ3n) is 6.56. The number of hydrogen-bond donors (Lipinski definition) is 6. The molecule has 2 aromatic carbocycles. The van der Waals surface area contributed by atoms with Crippen molar-refractivity contribution in [3.63, 3.8) is 0 Å². The maximum atomic E-state index is 13.5. The van der Waals surface area contributed by atoms with Gasteiger partial charge >= 0.3 is 0 Å². The van der Waals surface area contributed by atoms with E-state index >= 15 is 0 Å². The minimum atomic E-state index is -1.15. The predicted molar refractivity (Wildman–Crippen MR) is 161 cm³/mol. The Morgan fingerprint density at radius 1 is 1.07 bits per heavy atom. The van der Waals surface area contributed by atoms with Crippen LogP contribution in [0.3, 0.4) is 0 Å². The van der Waals surface area contributed by atoms with Crippen LogP contribution in [0.2, 0.25) is 0 Å². The molecule has 0 saturated heterocycles. The van der Waals surface area contributed by atoms with Gasteiger partial charge in [0.15, 0.2) is 11.7 Å². The van der Waals surface area contributed by atoms with Gasteiger partial charge in [0.05, 0.1) is 5.82 Å². The number of phenols is 1. The zero-order valence-electron chi connectivity index (χ0n) is 23.5. The van der Waals surface area contributed by atoms with Gasteiger partial charge in [0.25, 0.3) is 0 Å². The maximum absolute atomic E-state index is 13.5. The number of rotatable bonds is 16. The summed E-state index contributed by atoms with van der Waals surface area (Å²) in [4.78, 5) is 31.0. The molecule has 0 aromatic heterocycles. The van der Waals surface area contributed by atoms with Crippen LogP contribution in [0.4, 0.5) is 0 Å². The van der Waals surface area contributed by atoms with Gasteiger partial charge in [-0.05, 0) is 61.1 Å². The zero-order valence-corrected chi connectivity index (χ0v) is 24.3. The zero-order chi connectivity index (χ0) is 29.8. The van der Waals surface area contributed by atoms with Crippen molar-refractivity contribution in [1.29, 1.82) is 0 Å². The summed E-state index contributed by atoms with van der Waals surface area (Å²) in [6, 6.07) is 11.8. The van der Waals surface area contributed by atoms with Crippen LogP contribution in [-0.4, -0.2) is 57.6 Å². The van der Waals surface area contributed by atoms with Crippen LogP contribution in [0.1, 0.15) is 35.1 Å². The molecule has 40 heavy (non-hydrogen) atoms. The number of benzene rings is 2. The first-order valence-corrected chi connectivity index (χ1v) is 14.8. The Hall–Kier alpha value is -3.86. The number of nitrogens with two attached hydrogens (primary N) is 3. The standard InChI is InChI=1S/C29H42N6O4S/c1-18-12-24(36)13-19(2)25(18)16-26(35-29(31)32)27(37)15-22(10-11-40(4)39)28(38)33-17-23(34-20(3)30)14-21-8-6-5-7-9-21/h5-9,12-13,22-23,26,34,36H,3,10-11,14-17,30H2,1-2,4H3,(H,33,38)(H4,31,32,35)/t22-,23-,26-,40?/m0/s1. The van der Waals surface area contributed by atoms with Crippen LogP contribution < -0.4 is 27.8 Å². The summed E-state index contributed by atoms with van der Waals surface area (Å²) in [6.07, 6.45) is 2.50. The molecule has 4 atom stereocenters. The first-order chi connectivity index (χ1) is 18.8. The fourth-order valence-electron chi connectivity index (χ4n) is 4.61. The number of aryl methyl sites for hydroxylation is 2. The number of aliphatic imine (C=N–C) groups is 1. The predicted octanol–water partition coefficient (Wildman–Crippen LogP) is 1.28. The third-order valence-corrected chi connectivity index (χ3v) is 7.37. The number of hydrogen-bond acceptors (Lipinski definition) is 7. The molecule has 1 unspecified atom stereocenters. The number of nitrogens with one attached hydrogen (secondary N) is 2. The molecule has 218 valence electrons. The van der Waals surface area contributed by atoms with E-state index in [1.54, 1.807) is 18.4 Å². The number of amides is 1. The molecule has 0 fully saturated rings. The highest BCUT2D eigenvalue weighted by Gasteiger charge is 2.28. The Morgan fingerprint density at radius 2 is 1.70 bits per heavy atom. The lowest BCUT2D eigenvalue weighted by Crippen LogP contribution is -2.45. The van der Waals surface area contributed by atoms with Gasteiger partial charge in [-0.25, -0.2) is 4.99 Å². The highest BCUT2D eigenvalue weighted by Crippen LogP contribution is 2.24. The van der Waals surface area contributed by atoms with Crippen LogP contribution in [-0.2, 0) is 33.2 Å².